The van der Waals surface area contributed by atoms with Gasteiger partial charge in [0, 0.05) is 11.5 Å². The molecule has 1 aromatic rings. The largest absolute Gasteiger partial charge is 0.481 e. The second-order valence-electron chi connectivity index (χ2n) is 3.69. The molecule has 0 bridgehead atoms. The van der Waals surface area contributed by atoms with E-state index >= 15 is 0 Å². The minimum Gasteiger partial charge on any atom is -0.481 e. The molecule has 5 nitrogen and oxygen atoms in total. The van der Waals surface area contributed by atoms with Gasteiger partial charge in [-0.25, -0.2) is 4.39 Å². The lowest BCUT2D eigenvalue weighted by atomic mass is 10.3. The van der Waals surface area contributed by atoms with Crippen molar-refractivity contribution in [2.45, 2.75) is 0 Å². The molecule has 0 radical (unpaired) electrons. The summed E-state index contributed by atoms with van der Waals surface area (Å²) < 4.78 is 23.5. The van der Waals surface area contributed by atoms with Crippen LogP contribution >= 0.6 is 15.9 Å². The Balaban J connectivity index is 2.52. The van der Waals surface area contributed by atoms with Crippen LogP contribution in [0.1, 0.15) is 0 Å². The van der Waals surface area contributed by atoms with E-state index < -0.39 is 17.7 Å². The molecule has 0 heterocycles. The molecule has 1 rings (SSSR count). The van der Waals surface area contributed by atoms with Crippen molar-refractivity contribution in [3.8, 4) is 5.75 Å². The number of hydrogen-bond acceptors (Lipinski definition) is 4. The van der Waals surface area contributed by atoms with Crippen LogP contribution in [-0.4, -0.2) is 44.1 Å². The topological polar surface area (TPSA) is 55.8 Å². The first kappa shape index (κ1) is 15.4. The molecule has 19 heavy (non-hydrogen) atoms. The molecular formula is C12H13BrFNO4. The van der Waals surface area contributed by atoms with Crippen molar-refractivity contribution in [1.29, 1.82) is 0 Å². The van der Waals surface area contributed by atoms with Crippen LogP contribution in [0.3, 0.4) is 0 Å². The predicted molar refractivity (Wildman–Crippen MR) is 69.2 cm³/mol. The molecule has 0 saturated heterocycles. The summed E-state index contributed by atoms with van der Waals surface area (Å²) in [5.41, 5.74) is 0. The number of carbonyl (C=O) groups excluding carboxylic acids is 2. The Morgan fingerprint density at radius 2 is 2.11 bits per heavy atom. The summed E-state index contributed by atoms with van der Waals surface area (Å²) in [5, 5.41) is 0. The van der Waals surface area contributed by atoms with Gasteiger partial charge in [0.1, 0.15) is 6.54 Å². The Morgan fingerprint density at radius 3 is 2.68 bits per heavy atom. The Labute approximate surface area is 118 Å². The molecule has 0 spiro atoms. The fourth-order valence-corrected chi connectivity index (χ4v) is 1.52. The third-order valence-electron chi connectivity index (χ3n) is 2.26. The van der Waals surface area contributed by atoms with Gasteiger partial charge >= 0.3 is 5.97 Å². The van der Waals surface area contributed by atoms with E-state index in [1.807, 2.05) is 0 Å². The molecule has 0 aromatic heterocycles. The molecule has 0 unspecified atom stereocenters. The van der Waals surface area contributed by atoms with Crippen LogP contribution in [0, 0.1) is 5.82 Å². The maximum absolute atomic E-state index is 13.4. The number of carbonyl (C=O) groups is 2. The van der Waals surface area contributed by atoms with Crippen LogP contribution in [0.15, 0.2) is 22.7 Å². The molecular weight excluding hydrogens is 321 g/mol. The highest BCUT2D eigenvalue weighted by atomic mass is 79.9. The number of esters is 1. The quantitative estimate of drug-likeness (QED) is 0.768. The minimum absolute atomic E-state index is 0.0250. The van der Waals surface area contributed by atoms with E-state index in [1.54, 1.807) is 6.07 Å². The van der Waals surface area contributed by atoms with Crippen molar-refractivity contribution in [2.24, 2.45) is 0 Å². The van der Waals surface area contributed by atoms with Crippen LogP contribution in [0.25, 0.3) is 0 Å². The average molecular weight is 334 g/mol. The molecule has 0 atom stereocenters. The molecule has 0 aliphatic heterocycles. The third-order valence-corrected chi connectivity index (χ3v) is 2.76. The SMILES string of the molecule is COC(=O)CN(C)C(=O)COc1ccc(Br)cc1F. The Hall–Kier alpha value is -1.63. The predicted octanol–water partition coefficient (Wildman–Crippen LogP) is 1.60. The number of ether oxygens (including phenoxy) is 2. The van der Waals surface area contributed by atoms with Gasteiger partial charge in [-0.3, -0.25) is 9.59 Å². The van der Waals surface area contributed by atoms with Gasteiger partial charge in [-0.1, -0.05) is 15.9 Å². The minimum atomic E-state index is -0.571. The standard InChI is InChI=1S/C12H13BrFNO4/c1-15(6-12(17)18-2)11(16)7-19-10-4-3-8(13)5-9(10)14/h3-5H,6-7H2,1-2H3. The summed E-state index contributed by atoms with van der Waals surface area (Å²) in [6.45, 7) is -0.534. The number of methoxy groups -OCH3 is 1. The zero-order valence-electron chi connectivity index (χ0n) is 10.5. The Morgan fingerprint density at radius 1 is 1.42 bits per heavy atom. The number of likely N-dealkylation sites (N-methyl/N-ethyl adjacent to an activating group) is 1. The summed E-state index contributed by atoms with van der Waals surface area (Å²) >= 11 is 3.11. The Bertz CT molecular complexity index is 481. The average Bonchev–Trinajstić information content (AvgIpc) is 2.37. The first-order valence-corrected chi connectivity index (χ1v) is 6.12. The molecule has 1 amide bonds. The molecule has 0 aliphatic rings. The van der Waals surface area contributed by atoms with Crippen LogP contribution in [0.4, 0.5) is 4.39 Å². The number of hydrogen-bond donors (Lipinski definition) is 0. The van der Waals surface area contributed by atoms with Gasteiger partial charge in [0.15, 0.2) is 18.2 Å². The van der Waals surface area contributed by atoms with E-state index in [1.165, 1.54) is 26.3 Å². The first-order chi connectivity index (χ1) is 8.93. The van der Waals surface area contributed by atoms with E-state index in [9.17, 15) is 14.0 Å². The molecule has 0 fully saturated rings. The first-order valence-electron chi connectivity index (χ1n) is 5.32. The van der Waals surface area contributed by atoms with E-state index in [0.717, 1.165) is 4.90 Å². The number of nitrogens with zero attached hydrogens (tertiary/aromatic N) is 1. The van der Waals surface area contributed by atoms with Crippen LogP contribution in [-0.2, 0) is 14.3 Å². The number of benzene rings is 1. The van der Waals surface area contributed by atoms with Gasteiger partial charge < -0.3 is 14.4 Å². The van der Waals surface area contributed by atoms with Crippen LogP contribution in [0.5, 0.6) is 5.75 Å². The summed E-state index contributed by atoms with van der Waals surface area (Å²) in [4.78, 5) is 23.7. The van der Waals surface area contributed by atoms with Crippen LogP contribution in [0.2, 0.25) is 0 Å². The van der Waals surface area contributed by atoms with Crippen molar-refractivity contribution < 1.29 is 23.5 Å². The van der Waals surface area contributed by atoms with Gasteiger partial charge in [-0.15, -0.1) is 0 Å². The van der Waals surface area contributed by atoms with Crippen LogP contribution < -0.4 is 4.74 Å². The normalized spacial score (nSPS) is 9.89. The number of amides is 1. The molecule has 0 aliphatic carbocycles. The van der Waals surface area contributed by atoms with Gasteiger partial charge in [0.2, 0.25) is 0 Å². The fraction of sp³-hybridized carbons (Fsp3) is 0.333. The van der Waals surface area contributed by atoms with Crippen molar-refractivity contribution in [3.05, 3.63) is 28.5 Å². The molecule has 0 N–H and O–H groups in total. The summed E-state index contributed by atoms with van der Waals surface area (Å²) in [7, 11) is 2.66. The zero-order valence-corrected chi connectivity index (χ0v) is 12.1. The van der Waals surface area contributed by atoms with Crippen molar-refractivity contribution in [1.82, 2.24) is 4.90 Å². The lowest BCUT2D eigenvalue weighted by molar-refractivity contribution is -0.146. The van der Waals surface area contributed by atoms with E-state index in [0.29, 0.717) is 4.47 Å². The van der Waals surface area contributed by atoms with E-state index in [4.69, 9.17) is 4.74 Å². The second-order valence-corrected chi connectivity index (χ2v) is 4.61. The molecule has 104 valence electrons. The summed E-state index contributed by atoms with van der Waals surface area (Å²) in [6.07, 6.45) is 0. The molecule has 0 saturated carbocycles. The Kier molecular flexibility index (Phi) is 5.75. The van der Waals surface area contributed by atoms with Gasteiger partial charge in [0.05, 0.1) is 7.11 Å². The smallest absolute Gasteiger partial charge is 0.325 e. The highest BCUT2D eigenvalue weighted by molar-refractivity contribution is 9.10. The van der Waals surface area contributed by atoms with Crippen molar-refractivity contribution in [3.63, 3.8) is 0 Å². The number of rotatable bonds is 5. The van der Waals surface area contributed by atoms with E-state index in [2.05, 4.69) is 20.7 Å². The zero-order chi connectivity index (χ0) is 14.4. The lowest BCUT2D eigenvalue weighted by Crippen LogP contribution is -2.36. The highest BCUT2D eigenvalue weighted by Crippen LogP contribution is 2.21. The van der Waals surface area contributed by atoms with Gasteiger partial charge in [0.25, 0.3) is 5.91 Å². The number of halogens is 2. The van der Waals surface area contributed by atoms with E-state index in [-0.39, 0.29) is 18.9 Å². The third kappa shape index (κ3) is 4.86. The monoisotopic (exact) mass is 333 g/mol. The van der Waals surface area contributed by atoms with Gasteiger partial charge in [-0.05, 0) is 18.2 Å². The van der Waals surface area contributed by atoms with Crippen molar-refractivity contribution >= 4 is 27.8 Å². The fourth-order valence-electron chi connectivity index (χ4n) is 1.19. The molecule has 1 aromatic carbocycles. The van der Waals surface area contributed by atoms with Crippen molar-refractivity contribution in [2.75, 3.05) is 27.3 Å². The lowest BCUT2D eigenvalue weighted by Gasteiger charge is -2.16. The highest BCUT2D eigenvalue weighted by Gasteiger charge is 2.14. The second kappa shape index (κ2) is 7.08. The molecule has 7 heteroatoms. The summed E-state index contributed by atoms with van der Waals surface area (Å²) in [6, 6.07) is 4.24. The maximum Gasteiger partial charge on any atom is 0.325 e. The maximum atomic E-state index is 13.4. The van der Waals surface area contributed by atoms with Gasteiger partial charge in [-0.2, -0.15) is 0 Å². The summed E-state index contributed by atoms with van der Waals surface area (Å²) in [5.74, 6) is -1.58.